The quantitative estimate of drug-likeness (QED) is 0.919. The minimum absolute atomic E-state index is 0.282. The summed E-state index contributed by atoms with van der Waals surface area (Å²) in [7, 11) is 1.88. The summed E-state index contributed by atoms with van der Waals surface area (Å²) in [5.74, 6) is 2.01. The molecule has 2 rings (SSSR count). The monoisotopic (exact) mass is 281 g/mol. The third kappa shape index (κ3) is 4.23. The van der Waals surface area contributed by atoms with Gasteiger partial charge in [-0.25, -0.2) is 4.98 Å². The summed E-state index contributed by atoms with van der Waals surface area (Å²) in [6, 6.07) is 0.514. The fourth-order valence-electron chi connectivity index (χ4n) is 2.03. The maximum Gasteiger partial charge on any atom is 0.156 e. The van der Waals surface area contributed by atoms with Gasteiger partial charge in [0.25, 0.3) is 0 Å². The van der Waals surface area contributed by atoms with Crippen molar-refractivity contribution in [2.75, 3.05) is 12.3 Å². The van der Waals surface area contributed by atoms with Crippen LogP contribution in [0, 0.1) is 5.41 Å². The fourth-order valence-corrected chi connectivity index (χ4v) is 2.99. The molecule has 106 valence electrons. The molecule has 0 aliphatic carbocycles. The molecular formula is C13H23N5S. The molecule has 0 radical (unpaired) electrons. The van der Waals surface area contributed by atoms with E-state index in [1.54, 1.807) is 11.0 Å². The van der Waals surface area contributed by atoms with E-state index in [4.69, 9.17) is 0 Å². The SMILES string of the molecule is Cn1cnc(CCN=C2NC(C(C)(C)C)CCS2)n1. The van der Waals surface area contributed by atoms with Crippen molar-refractivity contribution in [3.05, 3.63) is 12.2 Å². The summed E-state index contributed by atoms with van der Waals surface area (Å²) in [4.78, 5) is 8.84. The highest BCUT2D eigenvalue weighted by molar-refractivity contribution is 8.13. The Labute approximate surface area is 119 Å². The van der Waals surface area contributed by atoms with E-state index < -0.39 is 0 Å². The molecule has 19 heavy (non-hydrogen) atoms. The van der Waals surface area contributed by atoms with Crippen molar-refractivity contribution in [1.82, 2.24) is 20.1 Å². The molecule has 1 aliphatic rings. The van der Waals surface area contributed by atoms with Crippen LogP contribution in [0.5, 0.6) is 0 Å². The van der Waals surface area contributed by atoms with Crippen molar-refractivity contribution >= 4 is 16.9 Å². The van der Waals surface area contributed by atoms with Crippen LogP contribution in [0.15, 0.2) is 11.3 Å². The number of nitrogens with one attached hydrogen (secondary N) is 1. The number of rotatable bonds is 3. The average Bonchev–Trinajstić information content (AvgIpc) is 2.74. The van der Waals surface area contributed by atoms with Gasteiger partial charge in [-0.2, -0.15) is 5.10 Å². The lowest BCUT2D eigenvalue weighted by Crippen LogP contribution is -2.46. The molecule has 2 heterocycles. The number of aromatic nitrogens is 3. The van der Waals surface area contributed by atoms with E-state index in [1.165, 1.54) is 6.42 Å². The molecule has 6 heteroatoms. The molecule has 5 nitrogen and oxygen atoms in total. The van der Waals surface area contributed by atoms with Crippen molar-refractivity contribution in [2.45, 2.75) is 39.7 Å². The molecule has 1 saturated heterocycles. The first kappa shape index (κ1) is 14.4. The number of amidine groups is 1. The van der Waals surface area contributed by atoms with Gasteiger partial charge in [-0.05, 0) is 11.8 Å². The largest absolute Gasteiger partial charge is 0.362 e. The highest BCUT2D eigenvalue weighted by Gasteiger charge is 2.28. The van der Waals surface area contributed by atoms with E-state index in [0.717, 1.165) is 29.7 Å². The van der Waals surface area contributed by atoms with E-state index in [-0.39, 0.29) is 5.41 Å². The standard InChI is InChI=1S/C13H23N5S/c1-13(2,3)10-6-8-19-12(16-10)14-7-5-11-15-9-18(4)17-11/h9-10H,5-8H2,1-4H3,(H,14,16). The predicted octanol–water partition coefficient (Wildman–Crippen LogP) is 1.85. The Morgan fingerprint density at radius 3 is 2.95 bits per heavy atom. The number of hydrogen-bond donors (Lipinski definition) is 1. The molecule has 1 N–H and O–H groups in total. The van der Waals surface area contributed by atoms with Crippen LogP contribution >= 0.6 is 11.8 Å². The summed E-state index contributed by atoms with van der Waals surface area (Å²) in [5, 5.41) is 8.88. The number of hydrogen-bond acceptors (Lipinski definition) is 4. The molecule has 0 aromatic carbocycles. The number of thioether (sulfide) groups is 1. The van der Waals surface area contributed by atoms with Gasteiger partial charge in [0.15, 0.2) is 11.0 Å². The first-order valence-electron chi connectivity index (χ1n) is 6.73. The van der Waals surface area contributed by atoms with Gasteiger partial charge in [0, 0.05) is 31.8 Å². The molecule has 1 unspecified atom stereocenters. The van der Waals surface area contributed by atoms with Crippen LogP contribution in [-0.4, -0.2) is 38.3 Å². The van der Waals surface area contributed by atoms with Crippen LogP contribution in [0.3, 0.4) is 0 Å². The molecule has 0 saturated carbocycles. The first-order valence-corrected chi connectivity index (χ1v) is 7.72. The predicted molar refractivity (Wildman–Crippen MR) is 80.5 cm³/mol. The Kier molecular flexibility index (Phi) is 4.50. The topological polar surface area (TPSA) is 55.1 Å². The van der Waals surface area contributed by atoms with Gasteiger partial charge in [0.2, 0.25) is 0 Å². The van der Waals surface area contributed by atoms with Crippen molar-refractivity contribution in [1.29, 1.82) is 0 Å². The zero-order valence-corrected chi connectivity index (χ0v) is 13.0. The Morgan fingerprint density at radius 2 is 2.32 bits per heavy atom. The van der Waals surface area contributed by atoms with Gasteiger partial charge in [0.05, 0.1) is 0 Å². The minimum Gasteiger partial charge on any atom is -0.362 e. The van der Waals surface area contributed by atoms with Crippen LogP contribution in [0.25, 0.3) is 0 Å². The van der Waals surface area contributed by atoms with Gasteiger partial charge >= 0.3 is 0 Å². The summed E-state index contributed by atoms with van der Waals surface area (Å²) in [6.45, 7) is 7.57. The summed E-state index contributed by atoms with van der Waals surface area (Å²) in [6.07, 6.45) is 3.73. The van der Waals surface area contributed by atoms with E-state index in [1.807, 2.05) is 18.8 Å². The van der Waals surface area contributed by atoms with Gasteiger partial charge in [-0.15, -0.1) is 0 Å². The molecular weight excluding hydrogens is 258 g/mol. The molecule has 1 aliphatic heterocycles. The van der Waals surface area contributed by atoms with Crippen LogP contribution in [0.2, 0.25) is 0 Å². The summed E-state index contributed by atoms with van der Waals surface area (Å²) < 4.78 is 1.73. The molecule has 0 amide bonds. The minimum atomic E-state index is 0.282. The van der Waals surface area contributed by atoms with Gasteiger partial charge < -0.3 is 5.32 Å². The Hall–Kier alpha value is -1.04. The van der Waals surface area contributed by atoms with Crippen LogP contribution < -0.4 is 5.32 Å². The van der Waals surface area contributed by atoms with E-state index >= 15 is 0 Å². The third-order valence-corrected chi connectivity index (χ3v) is 4.19. The Morgan fingerprint density at radius 1 is 1.53 bits per heavy atom. The first-order chi connectivity index (χ1) is 8.95. The third-order valence-electron chi connectivity index (χ3n) is 3.23. The van der Waals surface area contributed by atoms with Crippen molar-refractivity contribution in [3.63, 3.8) is 0 Å². The Bertz CT molecular complexity index is 446. The summed E-state index contributed by atoms with van der Waals surface area (Å²) >= 11 is 1.82. The van der Waals surface area contributed by atoms with E-state index in [2.05, 4.69) is 41.2 Å². The molecule has 1 fully saturated rings. The lowest BCUT2D eigenvalue weighted by Gasteiger charge is -2.35. The van der Waals surface area contributed by atoms with E-state index in [0.29, 0.717) is 6.04 Å². The highest BCUT2D eigenvalue weighted by atomic mass is 32.2. The van der Waals surface area contributed by atoms with Crippen LogP contribution in [0.4, 0.5) is 0 Å². The maximum atomic E-state index is 4.63. The molecule has 1 atom stereocenters. The zero-order chi connectivity index (χ0) is 13.9. The average molecular weight is 281 g/mol. The second-order valence-corrected chi connectivity index (χ2v) is 7.06. The lowest BCUT2D eigenvalue weighted by molar-refractivity contribution is 0.290. The second-order valence-electron chi connectivity index (χ2n) is 5.97. The number of nitrogens with zero attached hydrogens (tertiary/aromatic N) is 4. The molecule has 1 aromatic heterocycles. The van der Waals surface area contributed by atoms with Gasteiger partial charge in [-0.3, -0.25) is 9.67 Å². The normalized spacial score (nSPS) is 22.5. The van der Waals surface area contributed by atoms with Gasteiger partial charge in [-0.1, -0.05) is 32.5 Å². The lowest BCUT2D eigenvalue weighted by atomic mass is 9.85. The highest BCUT2D eigenvalue weighted by Crippen LogP contribution is 2.27. The van der Waals surface area contributed by atoms with Crippen LogP contribution in [-0.2, 0) is 13.5 Å². The maximum absolute atomic E-state index is 4.63. The number of aliphatic imine (C=N–C) groups is 1. The van der Waals surface area contributed by atoms with Crippen molar-refractivity contribution < 1.29 is 0 Å². The van der Waals surface area contributed by atoms with Crippen LogP contribution in [0.1, 0.15) is 33.0 Å². The Balaban J connectivity index is 1.85. The smallest absolute Gasteiger partial charge is 0.156 e. The number of aryl methyl sites for hydroxylation is 1. The molecule has 0 bridgehead atoms. The van der Waals surface area contributed by atoms with Crippen molar-refractivity contribution in [3.8, 4) is 0 Å². The molecule has 1 aromatic rings. The van der Waals surface area contributed by atoms with Crippen molar-refractivity contribution in [2.24, 2.45) is 17.5 Å². The second kappa shape index (κ2) is 5.94. The summed E-state index contributed by atoms with van der Waals surface area (Å²) in [5.41, 5.74) is 0.282. The zero-order valence-electron chi connectivity index (χ0n) is 12.2. The van der Waals surface area contributed by atoms with E-state index in [9.17, 15) is 0 Å². The molecule has 0 spiro atoms. The van der Waals surface area contributed by atoms with Gasteiger partial charge in [0.1, 0.15) is 6.33 Å². The fraction of sp³-hybridized carbons (Fsp3) is 0.769.